The molecule has 1 N–H and O–H groups in total. The highest BCUT2D eigenvalue weighted by molar-refractivity contribution is 7.98. The van der Waals surface area contributed by atoms with Gasteiger partial charge in [0, 0.05) is 31.0 Å². The molecule has 0 rings (SSSR count). The maximum Gasteiger partial charge on any atom is 0.340 e. The molecule has 0 aromatic carbocycles. The molecule has 0 unspecified atom stereocenters. The molecule has 0 saturated carbocycles. The quantitative estimate of drug-likeness (QED) is 0.439. The lowest BCUT2D eigenvalue weighted by atomic mass is 10.4. The van der Waals surface area contributed by atoms with Crippen molar-refractivity contribution in [2.24, 2.45) is 0 Å². The van der Waals surface area contributed by atoms with Crippen LogP contribution < -0.4 is 0 Å². The fraction of sp³-hybridized carbons (Fsp3) is 0.455. The number of rotatable bonds is 6. The second kappa shape index (κ2) is 8.99. The fourth-order valence-corrected chi connectivity index (χ4v) is 1.47. The Morgan fingerprint density at radius 3 is 2.42 bits per heavy atom. The highest BCUT2D eigenvalue weighted by atomic mass is 32.2. The number of hydrogen-bond donors (Lipinski definition) is 1. The van der Waals surface area contributed by atoms with Crippen molar-refractivity contribution < 1.29 is 19.5 Å². The molecule has 0 atom stereocenters. The zero-order valence-corrected chi connectivity index (χ0v) is 11.5. The Hall–Kier alpha value is -2.01. The summed E-state index contributed by atoms with van der Waals surface area (Å²) in [5.74, 6) is -1.53. The smallest absolute Gasteiger partial charge is 0.340 e. The predicted molar refractivity (Wildman–Crippen MR) is 70.3 cm³/mol. The molecule has 0 bridgehead atoms. The molecule has 19 heavy (non-hydrogen) atoms. The lowest BCUT2D eigenvalue weighted by molar-refractivity contribution is -0.132. The molecule has 8 heteroatoms. The van der Waals surface area contributed by atoms with Crippen LogP contribution in [0.5, 0.6) is 0 Å². The summed E-state index contributed by atoms with van der Waals surface area (Å²) < 4.78 is 0. The van der Waals surface area contributed by atoms with Crippen molar-refractivity contribution in [3.63, 3.8) is 0 Å². The largest absolute Gasteiger partial charge is 0.478 e. The van der Waals surface area contributed by atoms with Crippen molar-refractivity contribution in [3.05, 3.63) is 12.2 Å². The van der Waals surface area contributed by atoms with Crippen LogP contribution in [0.3, 0.4) is 0 Å². The number of aliphatic carboxylic acids is 1. The number of carboxylic acid groups (broad SMARTS) is 1. The summed E-state index contributed by atoms with van der Waals surface area (Å²) in [4.78, 5) is 35.7. The Morgan fingerprint density at radius 1 is 1.37 bits per heavy atom. The van der Waals surface area contributed by atoms with Gasteiger partial charge in [-0.25, -0.2) is 14.5 Å². The highest BCUT2D eigenvalue weighted by Gasteiger charge is 2.24. The van der Waals surface area contributed by atoms with E-state index in [1.54, 1.807) is 13.1 Å². The molecule has 0 aliphatic heterocycles. The number of thioether (sulfide) groups is 1. The Bertz CT molecular complexity index is 417. The van der Waals surface area contributed by atoms with E-state index in [1.807, 2.05) is 6.26 Å². The molecule has 0 radical (unpaired) electrons. The van der Waals surface area contributed by atoms with Crippen LogP contribution in [-0.4, -0.2) is 57.9 Å². The predicted octanol–water partition coefficient (Wildman–Crippen LogP) is 0.742. The van der Waals surface area contributed by atoms with Crippen molar-refractivity contribution in [2.45, 2.75) is 6.92 Å². The summed E-state index contributed by atoms with van der Waals surface area (Å²) in [5, 5.41) is 17.2. The zero-order chi connectivity index (χ0) is 14.8. The molecule has 3 amide bonds. The van der Waals surface area contributed by atoms with E-state index < -0.39 is 17.9 Å². The number of hydrogen-bond acceptors (Lipinski definition) is 5. The van der Waals surface area contributed by atoms with Gasteiger partial charge in [0.05, 0.1) is 0 Å². The van der Waals surface area contributed by atoms with Gasteiger partial charge in [-0.1, -0.05) is 0 Å². The topological polar surface area (TPSA) is 102 Å². The highest BCUT2D eigenvalue weighted by Crippen LogP contribution is 2.03. The molecule has 0 aromatic heterocycles. The molecule has 104 valence electrons. The summed E-state index contributed by atoms with van der Waals surface area (Å²) in [7, 11) is 0. The normalized spacial score (nSPS) is 9.95. The van der Waals surface area contributed by atoms with Gasteiger partial charge < -0.3 is 5.11 Å². The molecule has 0 aromatic rings. The summed E-state index contributed by atoms with van der Waals surface area (Å²) in [6.45, 7) is 1.85. The third-order valence-corrected chi connectivity index (χ3v) is 2.64. The Kier molecular flexibility index (Phi) is 8.04. The average Bonchev–Trinajstić information content (AvgIpc) is 2.38. The molecule has 0 spiro atoms. The first-order chi connectivity index (χ1) is 8.97. The molecule has 0 heterocycles. The number of nitriles is 1. The standard InChI is InChI=1S/C11H15N3O4S/c1-3-13(8-12)11(18)14(6-7-19-2)9(15)4-5-10(16)17/h4-5H,3,6-7H2,1-2H3,(H,16,17). The fourth-order valence-electron chi connectivity index (χ4n) is 1.11. The first-order valence-corrected chi connectivity index (χ1v) is 6.80. The number of urea groups is 1. The maximum atomic E-state index is 11.9. The van der Waals surface area contributed by atoms with Gasteiger partial charge in [-0.05, 0) is 13.2 Å². The molecule has 0 aliphatic rings. The zero-order valence-electron chi connectivity index (χ0n) is 10.7. The van der Waals surface area contributed by atoms with Gasteiger partial charge in [-0.2, -0.15) is 17.0 Å². The van der Waals surface area contributed by atoms with Gasteiger partial charge in [0.2, 0.25) is 0 Å². The minimum absolute atomic E-state index is 0.112. The lowest BCUT2D eigenvalue weighted by Crippen LogP contribution is -2.44. The second-order valence-electron chi connectivity index (χ2n) is 3.28. The SMILES string of the molecule is CCN(C#N)C(=O)N(CCSC)C(=O)C=CC(=O)O. The van der Waals surface area contributed by atoms with E-state index in [0.717, 1.165) is 15.9 Å². The molecule has 0 saturated heterocycles. The van der Waals surface area contributed by atoms with E-state index in [2.05, 4.69) is 0 Å². The summed E-state index contributed by atoms with van der Waals surface area (Å²) in [6.07, 6.45) is 4.93. The first-order valence-electron chi connectivity index (χ1n) is 5.40. The van der Waals surface area contributed by atoms with Gasteiger partial charge >= 0.3 is 12.0 Å². The van der Waals surface area contributed by atoms with Gasteiger partial charge in [0.15, 0.2) is 6.19 Å². The van der Waals surface area contributed by atoms with Crippen LogP contribution in [0.1, 0.15) is 6.92 Å². The van der Waals surface area contributed by atoms with E-state index in [9.17, 15) is 14.4 Å². The lowest BCUT2D eigenvalue weighted by Gasteiger charge is -2.22. The van der Waals surface area contributed by atoms with Crippen LogP contribution in [0.4, 0.5) is 4.79 Å². The van der Waals surface area contributed by atoms with Gasteiger partial charge in [-0.15, -0.1) is 0 Å². The van der Waals surface area contributed by atoms with Gasteiger partial charge in [-0.3, -0.25) is 9.69 Å². The number of carbonyl (C=O) groups excluding carboxylic acids is 2. The first kappa shape index (κ1) is 17.0. The summed E-state index contributed by atoms with van der Waals surface area (Å²) in [5.41, 5.74) is 0. The number of imide groups is 1. The minimum Gasteiger partial charge on any atom is -0.478 e. The van der Waals surface area contributed by atoms with Crippen molar-refractivity contribution in [3.8, 4) is 6.19 Å². The van der Waals surface area contributed by atoms with E-state index in [0.29, 0.717) is 11.8 Å². The van der Waals surface area contributed by atoms with Crippen molar-refractivity contribution in [1.29, 1.82) is 5.26 Å². The number of nitrogens with zero attached hydrogens (tertiary/aromatic N) is 3. The van der Waals surface area contributed by atoms with E-state index >= 15 is 0 Å². The van der Waals surface area contributed by atoms with Crippen molar-refractivity contribution in [1.82, 2.24) is 9.80 Å². The van der Waals surface area contributed by atoms with Crippen LogP contribution in [0.2, 0.25) is 0 Å². The van der Waals surface area contributed by atoms with Crippen LogP contribution in [0.25, 0.3) is 0 Å². The third-order valence-electron chi connectivity index (χ3n) is 2.05. The van der Waals surface area contributed by atoms with E-state index in [4.69, 9.17) is 10.4 Å². The van der Waals surface area contributed by atoms with Gasteiger partial charge in [0.1, 0.15) is 0 Å². The minimum atomic E-state index is -1.28. The Balaban J connectivity index is 4.99. The second-order valence-corrected chi connectivity index (χ2v) is 4.27. The van der Waals surface area contributed by atoms with Crippen molar-refractivity contribution >= 4 is 29.7 Å². The Labute approximate surface area is 115 Å². The summed E-state index contributed by atoms with van der Waals surface area (Å²) in [6, 6.07) is -0.751. The summed E-state index contributed by atoms with van der Waals surface area (Å²) >= 11 is 1.43. The molecular formula is C11H15N3O4S. The molecule has 0 aliphatic carbocycles. The molecule has 0 fully saturated rings. The average molecular weight is 285 g/mol. The maximum absolute atomic E-state index is 11.9. The Morgan fingerprint density at radius 2 is 2.00 bits per heavy atom. The molecule has 7 nitrogen and oxygen atoms in total. The van der Waals surface area contributed by atoms with E-state index in [-0.39, 0.29) is 13.1 Å². The number of carboxylic acids is 1. The monoisotopic (exact) mass is 285 g/mol. The van der Waals surface area contributed by atoms with Gasteiger partial charge in [0.25, 0.3) is 5.91 Å². The van der Waals surface area contributed by atoms with Crippen LogP contribution in [0, 0.1) is 11.5 Å². The number of amides is 3. The third kappa shape index (κ3) is 5.92. The van der Waals surface area contributed by atoms with Crippen molar-refractivity contribution in [2.75, 3.05) is 25.1 Å². The molecular weight excluding hydrogens is 270 g/mol. The van der Waals surface area contributed by atoms with Crippen LogP contribution >= 0.6 is 11.8 Å². The number of carbonyl (C=O) groups is 3. The van der Waals surface area contributed by atoms with E-state index in [1.165, 1.54) is 11.8 Å². The van der Waals surface area contributed by atoms with Crippen LogP contribution in [-0.2, 0) is 9.59 Å². The van der Waals surface area contributed by atoms with Crippen LogP contribution in [0.15, 0.2) is 12.2 Å².